The highest BCUT2D eigenvalue weighted by atomic mass is 19.1. The summed E-state index contributed by atoms with van der Waals surface area (Å²) in [6.07, 6.45) is 0. The molecule has 0 atom stereocenters. The summed E-state index contributed by atoms with van der Waals surface area (Å²) in [5.41, 5.74) is -0.473. The van der Waals surface area contributed by atoms with Crippen molar-refractivity contribution in [2.75, 3.05) is 5.32 Å². The van der Waals surface area contributed by atoms with E-state index in [1.807, 2.05) is 0 Å². The molecule has 2 aromatic rings. The normalized spacial score (nSPS) is 10.1. The van der Waals surface area contributed by atoms with Gasteiger partial charge in [-0.15, -0.1) is 0 Å². The largest absolute Gasteiger partial charge is 0.375 e. The smallest absolute Gasteiger partial charge is 0.327 e. The van der Waals surface area contributed by atoms with Gasteiger partial charge in [0.2, 0.25) is 5.82 Å². The van der Waals surface area contributed by atoms with E-state index in [4.69, 9.17) is 0 Å². The van der Waals surface area contributed by atoms with E-state index in [1.54, 1.807) is 6.07 Å². The van der Waals surface area contributed by atoms with Crippen LogP contribution in [0.2, 0.25) is 0 Å². The van der Waals surface area contributed by atoms with Gasteiger partial charge in [-0.05, 0) is 12.1 Å². The number of halogens is 1. The molecule has 0 aliphatic carbocycles. The van der Waals surface area contributed by atoms with Gasteiger partial charge in [0, 0.05) is 18.2 Å². The van der Waals surface area contributed by atoms with Crippen LogP contribution in [0.1, 0.15) is 5.56 Å². The topological polar surface area (TPSA) is 98.3 Å². The second-order valence-corrected chi connectivity index (χ2v) is 4.13. The van der Waals surface area contributed by atoms with Crippen molar-refractivity contribution in [1.29, 1.82) is 0 Å². The molecule has 0 fully saturated rings. The number of hydrogen-bond donors (Lipinski definition) is 1. The minimum atomic E-state index is -0.965. The summed E-state index contributed by atoms with van der Waals surface area (Å²) in [7, 11) is 0. The van der Waals surface area contributed by atoms with Crippen molar-refractivity contribution < 1.29 is 14.2 Å². The molecule has 0 saturated carbocycles. The number of hydrogen-bond acceptors (Lipinski definition) is 5. The predicted molar refractivity (Wildman–Crippen MR) is 73.5 cm³/mol. The molecule has 0 aliphatic rings. The summed E-state index contributed by atoms with van der Waals surface area (Å²) in [6.45, 7) is -0.0263. The third-order valence-corrected chi connectivity index (χ3v) is 2.83. The molecule has 8 heteroatoms. The molecule has 0 aliphatic heterocycles. The maximum absolute atomic E-state index is 13.4. The molecule has 0 saturated heterocycles. The lowest BCUT2D eigenvalue weighted by Gasteiger charge is -2.08. The van der Waals surface area contributed by atoms with Crippen LogP contribution in [0.25, 0.3) is 0 Å². The van der Waals surface area contributed by atoms with E-state index in [0.717, 1.165) is 6.07 Å². The lowest BCUT2D eigenvalue weighted by Crippen LogP contribution is -2.06. The minimum Gasteiger partial charge on any atom is -0.375 e. The number of anilines is 1. The monoisotopic (exact) mass is 291 g/mol. The lowest BCUT2D eigenvalue weighted by atomic mass is 10.1. The Kier molecular flexibility index (Phi) is 4.07. The van der Waals surface area contributed by atoms with Crippen LogP contribution >= 0.6 is 0 Å². The third kappa shape index (κ3) is 3.11. The van der Waals surface area contributed by atoms with Gasteiger partial charge in [-0.25, -0.2) is 0 Å². The number of nitrogens with zero attached hydrogens (tertiary/aromatic N) is 2. The van der Waals surface area contributed by atoms with Gasteiger partial charge in [0.15, 0.2) is 0 Å². The number of nitrogens with one attached hydrogen (secondary N) is 1. The molecule has 0 spiro atoms. The number of nitro benzene ring substituents is 2. The standard InChI is InChI=1S/C13H10FN3O4/c14-10-5-3-6-11(13(10)17(20)21)15-8-9-4-1-2-7-12(9)16(18)19/h1-7,15H,8H2. The zero-order valence-electron chi connectivity index (χ0n) is 10.7. The zero-order chi connectivity index (χ0) is 15.4. The number of benzene rings is 2. The van der Waals surface area contributed by atoms with Gasteiger partial charge >= 0.3 is 5.69 Å². The molecule has 7 nitrogen and oxygen atoms in total. The first kappa shape index (κ1) is 14.4. The Morgan fingerprint density at radius 3 is 2.38 bits per heavy atom. The van der Waals surface area contributed by atoms with Gasteiger partial charge in [-0.2, -0.15) is 4.39 Å². The van der Waals surface area contributed by atoms with Crippen LogP contribution in [0.3, 0.4) is 0 Å². The Balaban J connectivity index is 2.28. The van der Waals surface area contributed by atoms with Crippen molar-refractivity contribution in [1.82, 2.24) is 0 Å². The molecule has 0 bridgehead atoms. The molecule has 0 unspecified atom stereocenters. The van der Waals surface area contributed by atoms with Crippen LogP contribution < -0.4 is 5.32 Å². The number of rotatable bonds is 5. The van der Waals surface area contributed by atoms with Crippen molar-refractivity contribution in [2.24, 2.45) is 0 Å². The maximum Gasteiger partial charge on any atom is 0.327 e. The van der Waals surface area contributed by atoms with E-state index < -0.39 is 21.4 Å². The van der Waals surface area contributed by atoms with Crippen LogP contribution in [0.15, 0.2) is 42.5 Å². The van der Waals surface area contributed by atoms with E-state index in [2.05, 4.69) is 5.32 Å². The fourth-order valence-electron chi connectivity index (χ4n) is 1.87. The number of nitro groups is 2. The van der Waals surface area contributed by atoms with Crippen molar-refractivity contribution in [3.8, 4) is 0 Å². The summed E-state index contributed by atoms with van der Waals surface area (Å²) < 4.78 is 13.4. The van der Waals surface area contributed by atoms with Crippen LogP contribution in [0.4, 0.5) is 21.5 Å². The van der Waals surface area contributed by atoms with E-state index in [9.17, 15) is 24.6 Å². The van der Waals surface area contributed by atoms with E-state index in [0.29, 0.717) is 5.56 Å². The zero-order valence-corrected chi connectivity index (χ0v) is 10.7. The van der Waals surface area contributed by atoms with Crippen molar-refractivity contribution in [3.05, 3.63) is 74.1 Å². The molecule has 0 radical (unpaired) electrons. The Bertz CT molecular complexity index is 706. The first-order chi connectivity index (χ1) is 10.0. The van der Waals surface area contributed by atoms with Gasteiger partial charge in [0.05, 0.1) is 9.85 Å². The van der Waals surface area contributed by atoms with Gasteiger partial charge in [0.1, 0.15) is 5.69 Å². The molecule has 21 heavy (non-hydrogen) atoms. The fraction of sp³-hybridized carbons (Fsp3) is 0.0769. The summed E-state index contributed by atoms with van der Waals surface area (Å²) in [5.74, 6) is -0.965. The van der Waals surface area contributed by atoms with Crippen LogP contribution in [-0.2, 0) is 6.54 Å². The predicted octanol–water partition coefficient (Wildman–Crippen LogP) is 3.25. The van der Waals surface area contributed by atoms with Gasteiger partial charge in [0.25, 0.3) is 5.69 Å². The second kappa shape index (κ2) is 5.95. The molecule has 0 amide bonds. The molecule has 2 aromatic carbocycles. The van der Waals surface area contributed by atoms with E-state index >= 15 is 0 Å². The highest BCUT2D eigenvalue weighted by Crippen LogP contribution is 2.28. The Labute approximate surface area is 118 Å². The first-order valence-corrected chi connectivity index (χ1v) is 5.89. The van der Waals surface area contributed by atoms with Gasteiger partial charge in [-0.3, -0.25) is 20.2 Å². The first-order valence-electron chi connectivity index (χ1n) is 5.89. The quantitative estimate of drug-likeness (QED) is 0.673. The molecular weight excluding hydrogens is 281 g/mol. The molecule has 0 heterocycles. The fourth-order valence-corrected chi connectivity index (χ4v) is 1.87. The van der Waals surface area contributed by atoms with Crippen molar-refractivity contribution >= 4 is 17.1 Å². The van der Waals surface area contributed by atoms with Crippen molar-refractivity contribution in [3.63, 3.8) is 0 Å². The Hall–Kier alpha value is -3.03. The summed E-state index contributed by atoms with van der Waals surface area (Å²) in [6, 6.07) is 9.64. The molecule has 1 N–H and O–H groups in total. The number of para-hydroxylation sites is 2. The molecular formula is C13H10FN3O4. The summed E-state index contributed by atoms with van der Waals surface area (Å²) in [5, 5.41) is 24.4. The SMILES string of the molecule is O=[N+]([O-])c1ccccc1CNc1cccc(F)c1[N+](=O)[O-]. The molecule has 108 valence electrons. The average Bonchev–Trinajstić information content (AvgIpc) is 2.44. The highest BCUT2D eigenvalue weighted by Gasteiger charge is 2.20. The van der Waals surface area contributed by atoms with E-state index in [1.165, 1.54) is 30.3 Å². The summed E-state index contributed by atoms with van der Waals surface area (Å²) in [4.78, 5) is 20.3. The third-order valence-electron chi connectivity index (χ3n) is 2.83. The van der Waals surface area contributed by atoms with Crippen LogP contribution in [0, 0.1) is 26.0 Å². The van der Waals surface area contributed by atoms with Crippen LogP contribution in [0.5, 0.6) is 0 Å². The lowest BCUT2D eigenvalue weighted by molar-refractivity contribution is -0.386. The van der Waals surface area contributed by atoms with Crippen molar-refractivity contribution in [2.45, 2.75) is 6.54 Å². The van der Waals surface area contributed by atoms with Crippen LogP contribution in [-0.4, -0.2) is 9.85 Å². The molecule has 0 aromatic heterocycles. The average molecular weight is 291 g/mol. The maximum atomic E-state index is 13.4. The second-order valence-electron chi connectivity index (χ2n) is 4.13. The summed E-state index contributed by atoms with van der Waals surface area (Å²) >= 11 is 0. The molecule has 2 rings (SSSR count). The van der Waals surface area contributed by atoms with Gasteiger partial charge < -0.3 is 5.32 Å². The Morgan fingerprint density at radius 2 is 1.71 bits per heavy atom. The Morgan fingerprint density at radius 1 is 1.00 bits per heavy atom. The van der Waals surface area contributed by atoms with E-state index in [-0.39, 0.29) is 17.9 Å². The minimum absolute atomic E-state index is 0.0263. The highest BCUT2D eigenvalue weighted by molar-refractivity contribution is 5.62. The van der Waals surface area contributed by atoms with Gasteiger partial charge in [-0.1, -0.05) is 24.3 Å².